The molecule has 2 aliphatic heterocycles. The molecule has 0 saturated carbocycles. The zero-order valence-electron chi connectivity index (χ0n) is 12.3. The molecule has 0 unspecified atom stereocenters. The summed E-state index contributed by atoms with van der Waals surface area (Å²) < 4.78 is 5.65. The molecular formula is C13H26N4O2. The summed E-state index contributed by atoms with van der Waals surface area (Å²) in [5.41, 5.74) is 2.85. The molecule has 1 N–H and O–H groups in total. The molecule has 1 amide bonds. The maximum atomic E-state index is 12.0. The van der Waals surface area contributed by atoms with Crippen LogP contribution in [-0.2, 0) is 9.53 Å². The average Bonchev–Trinajstić information content (AvgIpc) is 2.30. The van der Waals surface area contributed by atoms with E-state index in [9.17, 15) is 4.79 Å². The normalized spacial score (nSPS) is 26.3. The molecule has 6 heteroatoms. The van der Waals surface area contributed by atoms with Crippen molar-refractivity contribution >= 4 is 5.91 Å². The molecule has 0 bridgehead atoms. The fraction of sp³-hybridized carbons (Fsp3) is 0.923. The van der Waals surface area contributed by atoms with Crippen molar-refractivity contribution in [3.05, 3.63) is 0 Å². The van der Waals surface area contributed by atoms with Crippen LogP contribution in [0.2, 0.25) is 0 Å². The summed E-state index contributed by atoms with van der Waals surface area (Å²) in [6.45, 7) is 10.7. The van der Waals surface area contributed by atoms with Crippen molar-refractivity contribution in [3.8, 4) is 0 Å². The van der Waals surface area contributed by atoms with Gasteiger partial charge in [-0.2, -0.15) is 0 Å². The first-order valence-corrected chi connectivity index (χ1v) is 7.04. The number of hydrogen-bond donors (Lipinski definition) is 1. The van der Waals surface area contributed by atoms with E-state index in [1.165, 1.54) is 0 Å². The van der Waals surface area contributed by atoms with Crippen molar-refractivity contribution in [2.45, 2.75) is 19.4 Å². The summed E-state index contributed by atoms with van der Waals surface area (Å²) in [4.78, 5) is 16.5. The lowest BCUT2D eigenvalue weighted by Crippen LogP contribution is -2.56. The Morgan fingerprint density at radius 1 is 1.21 bits per heavy atom. The SMILES string of the molecule is CN1CCN(NC(=O)CN2CCOC(C)(C)C2)CC1. The van der Waals surface area contributed by atoms with Crippen molar-refractivity contribution in [1.29, 1.82) is 0 Å². The van der Waals surface area contributed by atoms with E-state index in [1.807, 2.05) is 5.01 Å². The molecule has 19 heavy (non-hydrogen) atoms. The quantitative estimate of drug-likeness (QED) is 0.740. The van der Waals surface area contributed by atoms with Gasteiger partial charge in [0.05, 0.1) is 18.8 Å². The van der Waals surface area contributed by atoms with Gasteiger partial charge in [0.25, 0.3) is 0 Å². The molecule has 6 nitrogen and oxygen atoms in total. The maximum Gasteiger partial charge on any atom is 0.248 e. The minimum absolute atomic E-state index is 0.0854. The maximum absolute atomic E-state index is 12.0. The van der Waals surface area contributed by atoms with Crippen LogP contribution in [0.1, 0.15) is 13.8 Å². The summed E-state index contributed by atoms with van der Waals surface area (Å²) in [5.74, 6) is 0.0854. The first kappa shape index (κ1) is 14.7. The third-order valence-corrected chi connectivity index (χ3v) is 3.66. The van der Waals surface area contributed by atoms with Crippen molar-refractivity contribution in [2.75, 3.05) is 59.5 Å². The Labute approximate surface area is 115 Å². The number of rotatable bonds is 3. The van der Waals surface area contributed by atoms with Gasteiger partial charge in [0.1, 0.15) is 0 Å². The summed E-state index contributed by atoms with van der Waals surface area (Å²) in [7, 11) is 2.11. The third kappa shape index (κ3) is 4.72. The van der Waals surface area contributed by atoms with E-state index in [4.69, 9.17) is 4.74 Å². The molecule has 0 atom stereocenters. The molecule has 0 aromatic heterocycles. The Kier molecular flexibility index (Phi) is 4.78. The predicted octanol–water partition coefficient (Wildman–Crippen LogP) is -0.624. The van der Waals surface area contributed by atoms with Gasteiger partial charge in [0.2, 0.25) is 5.91 Å². The lowest BCUT2D eigenvalue weighted by Gasteiger charge is -2.38. The second kappa shape index (κ2) is 6.17. The minimum Gasteiger partial charge on any atom is -0.373 e. The third-order valence-electron chi connectivity index (χ3n) is 3.66. The van der Waals surface area contributed by atoms with Crippen LogP contribution in [0.5, 0.6) is 0 Å². The van der Waals surface area contributed by atoms with E-state index in [1.54, 1.807) is 0 Å². The van der Waals surface area contributed by atoms with Crippen LogP contribution < -0.4 is 5.43 Å². The largest absolute Gasteiger partial charge is 0.373 e. The summed E-state index contributed by atoms with van der Waals surface area (Å²) >= 11 is 0. The van der Waals surface area contributed by atoms with Gasteiger partial charge >= 0.3 is 0 Å². The topological polar surface area (TPSA) is 48.0 Å². The van der Waals surface area contributed by atoms with Crippen molar-refractivity contribution in [3.63, 3.8) is 0 Å². The van der Waals surface area contributed by atoms with Gasteiger partial charge in [-0.1, -0.05) is 0 Å². The Morgan fingerprint density at radius 3 is 2.53 bits per heavy atom. The van der Waals surface area contributed by atoms with Crippen molar-refractivity contribution < 1.29 is 9.53 Å². The fourth-order valence-corrected chi connectivity index (χ4v) is 2.58. The van der Waals surface area contributed by atoms with Crippen molar-refractivity contribution in [2.24, 2.45) is 0 Å². The van der Waals surface area contributed by atoms with E-state index in [2.05, 4.69) is 36.1 Å². The number of hydrogen-bond acceptors (Lipinski definition) is 5. The number of carbonyl (C=O) groups is 1. The molecule has 2 saturated heterocycles. The smallest absolute Gasteiger partial charge is 0.248 e. The Hall–Kier alpha value is -0.690. The summed E-state index contributed by atoms with van der Waals surface area (Å²) in [5, 5.41) is 2.02. The number of likely N-dealkylation sites (N-methyl/N-ethyl adjacent to an activating group) is 1. The molecule has 0 aliphatic carbocycles. The number of nitrogens with one attached hydrogen (secondary N) is 1. The van der Waals surface area contributed by atoms with Gasteiger partial charge < -0.3 is 9.64 Å². The van der Waals surface area contributed by atoms with Gasteiger partial charge in [-0.05, 0) is 20.9 Å². The number of carbonyl (C=O) groups excluding carboxylic acids is 1. The van der Waals surface area contributed by atoms with E-state index in [0.29, 0.717) is 13.2 Å². The first-order chi connectivity index (χ1) is 8.94. The van der Waals surface area contributed by atoms with Crippen LogP contribution in [0.15, 0.2) is 0 Å². The highest BCUT2D eigenvalue weighted by Gasteiger charge is 2.28. The van der Waals surface area contributed by atoms with Gasteiger partial charge in [-0.15, -0.1) is 0 Å². The zero-order valence-corrected chi connectivity index (χ0v) is 12.3. The number of piperazine rings is 1. The van der Waals surface area contributed by atoms with Crippen LogP contribution in [0.4, 0.5) is 0 Å². The molecule has 2 fully saturated rings. The molecule has 2 rings (SSSR count). The highest BCUT2D eigenvalue weighted by molar-refractivity contribution is 5.77. The van der Waals surface area contributed by atoms with Gasteiger partial charge in [0.15, 0.2) is 0 Å². The van der Waals surface area contributed by atoms with Crippen LogP contribution >= 0.6 is 0 Å². The van der Waals surface area contributed by atoms with Gasteiger partial charge in [0, 0.05) is 39.3 Å². The Morgan fingerprint density at radius 2 is 1.89 bits per heavy atom. The Bertz CT molecular complexity index is 314. The number of morpholine rings is 1. The molecule has 110 valence electrons. The molecule has 2 aliphatic rings. The van der Waals surface area contributed by atoms with Gasteiger partial charge in [-0.3, -0.25) is 15.1 Å². The van der Waals surface area contributed by atoms with Crippen LogP contribution in [0.25, 0.3) is 0 Å². The van der Waals surface area contributed by atoms with Crippen LogP contribution in [0, 0.1) is 0 Å². The predicted molar refractivity (Wildman–Crippen MR) is 73.7 cm³/mol. The van der Waals surface area contributed by atoms with Crippen molar-refractivity contribution in [1.82, 2.24) is 20.2 Å². The lowest BCUT2D eigenvalue weighted by atomic mass is 10.1. The summed E-state index contributed by atoms with van der Waals surface area (Å²) in [6.07, 6.45) is 0. The highest BCUT2D eigenvalue weighted by atomic mass is 16.5. The first-order valence-electron chi connectivity index (χ1n) is 7.04. The number of hydrazine groups is 1. The standard InChI is InChI=1S/C13H26N4O2/c1-13(2)11-16(8-9-19-13)10-12(18)14-17-6-4-15(3)5-7-17/h4-11H2,1-3H3,(H,14,18). The molecule has 0 spiro atoms. The fourth-order valence-electron chi connectivity index (χ4n) is 2.58. The minimum atomic E-state index is -0.146. The number of ether oxygens (including phenoxy) is 1. The summed E-state index contributed by atoms with van der Waals surface area (Å²) in [6, 6.07) is 0. The monoisotopic (exact) mass is 270 g/mol. The molecule has 2 heterocycles. The molecule has 0 aromatic carbocycles. The second-order valence-corrected chi connectivity index (χ2v) is 6.14. The van der Waals surface area contributed by atoms with E-state index >= 15 is 0 Å². The van der Waals surface area contributed by atoms with E-state index in [0.717, 1.165) is 39.3 Å². The van der Waals surface area contributed by atoms with E-state index in [-0.39, 0.29) is 11.5 Å². The Balaban J connectivity index is 1.72. The van der Waals surface area contributed by atoms with Crippen LogP contribution in [-0.4, -0.2) is 85.8 Å². The lowest BCUT2D eigenvalue weighted by molar-refractivity contribution is -0.132. The molecule has 0 aromatic rings. The second-order valence-electron chi connectivity index (χ2n) is 6.14. The number of nitrogens with zero attached hydrogens (tertiary/aromatic N) is 3. The zero-order chi connectivity index (χ0) is 13.9. The number of amides is 1. The van der Waals surface area contributed by atoms with E-state index < -0.39 is 0 Å². The molecular weight excluding hydrogens is 244 g/mol. The molecule has 0 radical (unpaired) electrons. The van der Waals surface area contributed by atoms with Gasteiger partial charge in [-0.25, -0.2) is 5.01 Å². The van der Waals surface area contributed by atoms with Crippen LogP contribution in [0.3, 0.4) is 0 Å². The highest BCUT2D eigenvalue weighted by Crippen LogP contribution is 2.15. The average molecular weight is 270 g/mol.